The standard InChI is InChI=1S/C20H24N2O2.2C4H10.H2O4S.6H2O/c1-3-13-12-22-9-7-14(13)10-19(22)20(23)16-6-8-21-18-5-4-15(24-2)11-17(16)18;2*1-3-4-2;1-5(2,3)4;;;;;;/h3-6,8,11,13-14,19-20,23H,1,7,9-10,12H2,2H3;2*3-4H2,1-2H3;(H2,1,2,3,4);6*1H2/t13-,14?,19-,20+;;;;;;;;;/m0........./s1. The van der Waals surface area contributed by atoms with Crippen molar-refractivity contribution in [1.82, 2.24) is 9.88 Å². The average molecular weight is 647 g/mol. The molecule has 14 nitrogen and oxygen atoms in total. The third-order valence-electron chi connectivity index (χ3n) is 6.82. The number of methoxy groups -OCH3 is 1. The first kappa shape index (κ1) is 53.3. The summed E-state index contributed by atoms with van der Waals surface area (Å²) in [5.41, 5.74) is 1.85. The van der Waals surface area contributed by atoms with Crippen LogP contribution in [0.3, 0.4) is 0 Å². The summed E-state index contributed by atoms with van der Waals surface area (Å²) in [6.45, 7) is 14.8. The van der Waals surface area contributed by atoms with Crippen molar-refractivity contribution >= 4 is 21.3 Å². The van der Waals surface area contributed by atoms with Gasteiger partial charge in [0, 0.05) is 24.2 Å². The van der Waals surface area contributed by atoms with E-state index in [0.29, 0.717) is 11.8 Å². The van der Waals surface area contributed by atoms with Crippen LogP contribution in [-0.4, -0.2) is 91.6 Å². The number of ether oxygens (including phenoxy) is 1. The van der Waals surface area contributed by atoms with Crippen LogP contribution in [0.5, 0.6) is 5.75 Å². The Morgan fingerprint density at radius 2 is 1.51 bits per heavy atom. The molecule has 4 heterocycles. The number of unbranched alkanes of at least 4 members (excludes halogenated alkanes) is 2. The summed E-state index contributed by atoms with van der Waals surface area (Å²) in [7, 11) is -3.01. The SMILES string of the molecule is C=C[C@H]1CN2CCC1C[C@H]2[C@H](O)c1ccnc2ccc(OC)cc12.CCCC.CCCC.O.O.O.O.O.O.O=S(=O)(O)O. The van der Waals surface area contributed by atoms with Gasteiger partial charge in [0.15, 0.2) is 0 Å². The molecule has 1 aromatic heterocycles. The number of aliphatic hydroxyl groups excluding tert-OH is 1. The fourth-order valence-corrected chi connectivity index (χ4v) is 4.44. The Morgan fingerprint density at radius 1 is 1.00 bits per heavy atom. The van der Waals surface area contributed by atoms with E-state index in [4.69, 9.17) is 22.3 Å². The normalized spacial score (nSPS) is 19.6. The van der Waals surface area contributed by atoms with Gasteiger partial charge >= 0.3 is 10.4 Å². The second kappa shape index (κ2) is 27.3. The number of fused-ring (bicyclic) bond motifs is 4. The van der Waals surface area contributed by atoms with Crippen molar-refractivity contribution in [1.29, 1.82) is 0 Å². The van der Waals surface area contributed by atoms with Gasteiger partial charge in [-0.1, -0.05) is 59.5 Å². The van der Waals surface area contributed by atoms with Crippen LogP contribution in [0.25, 0.3) is 10.9 Å². The number of hydrogen-bond donors (Lipinski definition) is 3. The highest BCUT2D eigenvalue weighted by Crippen LogP contribution is 2.42. The van der Waals surface area contributed by atoms with Crippen LogP contribution in [0, 0.1) is 11.8 Å². The Morgan fingerprint density at radius 3 is 1.91 bits per heavy atom. The number of piperidine rings is 3. The lowest BCUT2D eigenvalue weighted by Gasteiger charge is -2.50. The molecule has 0 saturated carbocycles. The number of benzene rings is 1. The van der Waals surface area contributed by atoms with Crippen molar-refractivity contribution in [3.63, 3.8) is 0 Å². The van der Waals surface area contributed by atoms with Crippen LogP contribution in [0.1, 0.15) is 77.9 Å². The minimum Gasteiger partial charge on any atom is -0.497 e. The third kappa shape index (κ3) is 18.2. The summed E-state index contributed by atoms with van der Waals surface area (Å²) in [6.07, 6.45) is 10.9. The Kier molecular flexibility index (Phi) is 33.8. The second-order valence-electron chi connectivity index (χ2n) is 9.42. The van der Waals surface area contributed by atoms with Crippen LogP contribution in [0.4, 0.5) is 0 Å². The Balaban J connectivity index is -0.000000155. The summed E-state index contributed by atoms with van der Waals surface area (Å²) < 4.78 is 36.9. The zero-order chi connectivity index (χ0) is 28.0. The maximum Gasteiger partial charge on any atom is 0.394 e. The van der Waals surface area contributed by atoms with Gasteiger partial charge in [-0.2, -0.15) is 8.42 Å². The molecular weight excluding hydrogens is 588 g/mol. The van der Waals surface area contributed by atoms with E-state index in [-0.39, 0.29) is 38.9 Å². The molecule has 0 spiro atoms. The Hall–Kier alpha value is -2.28. The fourth-order valence-electron chi connectivity index (χ4n) is 4.44. The summed E-state index contributed by atoms with van der Waals surface area (Å²) in [6, 6.07) is 7.96. The number of aromatic nitrogens is 1. The van der Waals surface area contributed by atoms with Crippen LogP contribution in [0.15, 0.2) is 43.1 Å². The molecule has 0 amide bonds. The maximum atomic E-state index is 11.2. The van der Waals surface area contributed by atoms with Crippen molar-refractivity contribution in [2.75, 3.05) is 20.2 Å². The molecule has 5 atom stereocenters. The summed E-state index contributed by atoms with van der Waals surface area (Å²) in [5, 5.41) is 12.1. The van der Waals surface area contributed by atoms with Crippen molar-refractivity contribution in [2.45, 2.75) is 78.4 Å². The molecule has 15 heteroatoms. The predicted molar refractivity (Wildman–Crippen MR) is 172 cm³/mol. The first-order valence-electron chi connectivity index (χ1n) is 13.2. The van der Waals surface area contributed by atoms with E-state index in [1.54, 1.807) is 13.3 Å². The summed E-state index contributed by atoms with van der Waals surface area (Å²) in [5.74, 6) is 2.01. The van der Waals surface area contributed by atoms with E-state index >= 15 is 0 Å². The van der Waals surface area contributed by atoms with Crippen LogP contribution >= 0.6 is 0 Å². The van der Waals surface area contributed by atoms with E-state index in [1.807, 2.05) is 24.3 Å². The smallest absolute Gasteiger partial charge is 0.394 e. The van der Waals surface area contributed by atoms with E-state index < -0.39 is 16.5 Å². The topological polar surface area (TPSA) is 309 Å². The molecule has 0 radical (unpaired) electrons. The highest BCUT2D eigenvalue weighted by Gasteiger charge is 2.42. The molecule has 258 valence electrons. The highest BCUT2D eigenvalue weighted by molar-refractivity contribution is 7.79. The molecule has 3 fully saturated rings. The van der Waals surface area contributed by atoms with Crippen LogP contribution in [-0.2, 0) is 10.4 Å². The number of hydrogen-bond acceptors (Lipinski definition) is 6. The van der Waals surface area contributed by atoms with Gasteiger partial charge in [0.05, 0.1) is 18.7 Å². The molecule has 3 aliphatic heterocycles. The quantitative estimate of drug-likeness (QED) is 0.301. The number of rotatable bonds is 6. The van der Waals surface area contributed by atoms with Gasteiger partial charge in [-0.15, -0.1) is 6.58 Å². The zero-order valence-corrected chi connectivity index (χ0v) is 26.8. The first-order chi connectivity index (χ1) is 17.5. The van der Waals surface area contributed by atoms with Gasteiger partial charge < -0.3 is 42.7 Å². The van der Waals surface area contributed by atoms with Gasteiger partial charge in [-0.25, -0.2) is 0 Å². The largest absolute Gasteiger partial charge is 0.497 e. The van der Waals surface area contributed by atoms with Gasteiger partial charge in [0.2, 0.25) is 0 Å². The molecule has 3 aliphatic rings. The van der Waals surface area contributed by atoms with E-state index in [0.717, 1.165) is 41.7 Å². The monoisotopic (exact) mass is 646 g/mol. The number of nitrogens with zero attached hydrogens (tertiary/aromatic N) is 2. The molecular formula is C28H58N2O12S. The average Bonchev–Trinajstić information content (AvgIpc) is 2.91. The molecule has 1 aromatic carbocycles. The number of pyridine rings is 1. The molecule has 15 N–H and O–H groups in total. The van der Waals surface area contributed by atoms with Gasteiger partial charge in [0.25, 0.3) is 0 Å². The highest BCUT2D eigenvalue weighted by atomic mass is 32.3. The summed E-state index contributed by atoms with van der Waals surface area (Å²) >= 11 is 0. The molecule has 2 bridgehead atoms. The predicted octanol–water partition coefficient (Wildman–Crippen LogP) is 1.19. The van der Waals surface area contributed by atoms with Crippen LogP contribution < -0.4 is 4.74 Å². The van der Waals surface area contributed by atoms with Gasteiger partial charge in [-0.3, -0.25) is 19.0 Å². The molecule has 2 aromatic rings. The first-order valence-corrected chi connectivity index (χ1v) is 14.6. The fraction of sp³-hybridized carbons (Fsp3) is 0.607. The zero-order valence-electron chi connectivity index (χ0n) is 26.0. The van der Waals surface area contributed by atoms with Crippen molar-refractivity contribution in [2.24, 2.45) is 11.8 Å². The van der Waals surface area contributed by atoms with E-state index in [2.05, 4.69) is 50.2 Å². The lowest BCUT2D eigenvalue weighted by molar-refractivity contribution is -0.0444. The van der Waals surface area contributed by atoms with E-state index in [1.165, 1.54) is 32.1 Å². The van der Waals surface area contributed by atoms with Crippen molar-refractivity contribution < 1.29 is 60.2 Å². The van der Waals surface area contributed by atoms with Gasteiger partial charge in [-0.05, 0) is 61.1 Å². The third-order valence-corrected chi connectivity index (χ3v) is 6.82. The molecule has 43 heavy (non-hydrogen) atoms. The minimum atomic E-state index is -4.67. The second-order valence-corrected chi connectivity index (χ2v) is 10.3. The molecule has 5 rings (SSSR count). The summed E-state index contributed by atoms with van der Waals surface area (Å²) in [4.78, 5) is 6.86. The van der Waals surface area contributed by atoms with E-state index in [9.17, 15) is 5.11 Å². The van der Waals surface area contributed by atoms with Crippen molar-refractivity contribution in [3.8, 4) is 5.75 Å². The minimum absolute atomic E-state index is 0. The van der Waals surface area contributed by atoms with Gasteiger partial charge in [0.1, 0.15) is 5.75 Å². The maximum absolute atomic E-state index is 11.2. The molecule has 2 unspecified atom stereocenters. The Bertz CT molecular complexity index is 1040. The Labute approximate surface area is 256 Å². The van der Waals surface area contributed by atoms with Crippen LogP contribution in [0.2, 0.25) is 0 Å². The molecule has 3 saturated heterocycles. The van der Waals surface area contributed by atoms with Crippen molar-refractivity contribution in [3.05, 3.63) is 48.7 Å². The lowest BCUT2D eigenvalue weighted by Crippen LogP contribution is -2.54. The molecule has 0 aliphatic carbocycles. The number of aliphatic hydroxyl groups is 1. The lowest BCUT2D eigenvalue weighted by atomic mass is 9.73.